The fourth-order valence-electron chi connectivity index (χ4n) is 1.19. The van der Waals surface area contributed by atoms with E-state index in [0.29, 0.717) is 0 Å². The van der Waals surface area contributed by atoms with Crippen LogP contribution in [0, 0.1) is 0 Å². The number of hydrogen-bond donors (Lipinski definition) is 2. The van der Waals surface area contributed by atoms with Crippen LogP contribution < -0.4 is 7.66 Å². The molecule has 0 heterocycles. The Bertz CT molecular complexity index is 529. The van der Waals surface area contributed by atoms with E-state index < -0.39 is 23.1 Å². The number of carboxylic acids is 2. The predicted molar refractivity (Wildman–Crippen MR) is 74.9 cm³/mol. The highest BCUT2D eigenvalue weighted by Gasteiger charge is 2.31. The molecule has 0 aliphatic carbocycles. The van der Waals surface area contributed by atoms with Crippen molar-refractivity contribution >= 4 is 76.3 Å². The Balaban J connectivity index is 3.89. The third-order valence-corrected chi connectivity index (χ3v) is 4.61. The molecule has 18 heavy (non-hydrogen) atoms. The van der Waals surface area contributed by atoms with Crippen LogP contribution in [-0.2, 0) is 0 Å². The van der Waals surface area contributed by atoms with Crippen LogP contribution >= 0.6 is 64.4 Å². The summed E-state index contributed by atoms with van der Waals surface area (Å²) in [5, 5.41) is 18.2. The van der Waals surface area contributed by atoms with E-state index in [0.717, 1.165) is 0 Å². The van der Waals surface area contributed by atoms with E-state index in [-0.39, 0.29) is 20.4 Å². The molecule has 0 amide bonds. The molecule has 0 saturated carbocycles. The van der Waals surface area contributed by atoms with Crippen LogP contribution in [0.2, 0.25) is 0 Å². The highest BCUT2D eigenvalue weighted by Crippen LogP contribution is 2.47. The van der Waals surface area contributed by atoms with Gasteiger partial charge in [0.05, 0.1) is 14.5 Å². The summed E-state index contributed by atoms with van der Waals surface area (Å²) in [6.07, 6.45) is 0. The first kappa shape index (κ1) is 15.7. The number of halogens is 4. The molecule has 0 aliphatic rings. The van der Waals surface area contributed by atoms with Crippen LogP contribution in [0.5, 0.6) is 11.5 Å². The maximum Gasteiger partial charge on any atom is 0.340 e. The largest absolute Gasteiger partial charge is 0.478 e. The van der Waals surface area contributed by atoms with Crippen molar-refractivity contribution in [2.24, 2.45) is 0 Å². The van der Waals surface area contributed by atoms with Crippen LogP contribution in [0.3, 0.4) is 0 Å². The van der Waals surface area contributed by atoms with Gasteiger partial charge in [-0.1, -0.05) is 0 Å². The predicted octanol–water partition coefficient (Wildman–Crippen LogP) is 3.99. The van der Waals surface area contributed by atoms with Crippen LogP contribution in [0.4, 0.5) is 0 Å². The first-order valence-corrected chi connectivity index (χ1v) is 6.83. The molecule has 0 spiro atoms. The Morgan fingerprint density at radius 3 is 1.61 bits per heavy atom. The Morgan fingerprint density at radius 2 is 1.28 bits per heavy atom. The van der Waals surface area contributed by atoms with Crippen LogP contribution in [0.15, 0.2) is 8.95 Å². The smallest absolute Gasteiger partial charge is 0.340 e. The number of carbonyl (C=O) groups is 2. The molecule has 10 heteroatoms. The van der Waals surface area contributed by atoms with Crippen LogP contribution in [0.25, 0.3) is 0 Å². The Labute approximate surface area is 134 Å². The number of carboxylic acid groups (broad SMARTS) is 2. The number of rotatable bonds is 4. The van der Waals surface area contributed by atoms with Crippen molar-refractivity contribution in [1.29, 1.82) is 0 Å². The second kappa shape index (κ2) is 6.22. The quantitative estimate of drug-likeness (QED) is 0.633. The molecule has 0 aromatic heterocycles. The molecule has 1 aromatic carbocycles. The van der Waals surface area contributed by atoms with Crippen molar-refractivity contribution in [3.63, 3.8) is 0 Å². The first-order valence-electron chi connectivity index (χ1n) is 3.95. The van der Waals surface area contributed by atoms with Crippen LogP contribution in [-0.4, -0.2) is 22.2 Å². The lowest BCUT2D eigenvalue weighted by Crippen LogP contribution is -2.11. The van der Waals surface area contributed by atoms with Crippen LogP contribution in [0.1, 0.15) is 20.7 Å². The first-order chi connectivity index (χ1) is 8.36. The minimum Gasteiger partial charge on any atom is -0.478 e. The van der Waals surface area contributed by atoms with Crippen molar-refractivity contribution < 1.29 is 27.5 Å². The third-order valence-electron chi connectivity index (χ3n) is 1.88. The van der Waals surface area contributed by atoms with Gasteiger partial charge >= 0.3 is 11.9 Å². The van der Waals surface area contributed by atoms with E-state index in [1.165, 1.54) is 0 Å². The lowest BCUT2D eigenvalue weighted by molar-refractivity contribution is 0.0648. The Hall–Kier alpha value is -0.320. The highest BCUT2D eigenvalue weighted by atomic mass is 79.9. The molecule has 0 atom stereocenters. The molecule has 6 nitrogen and oxygen atoms in total. The average molecular weight is 514 g/mol. The van der Waals surface area contributed by atoms with Gasteiger partial charge in [0.2, 0.25) is 0 Å². The van der Waals surface area contributed by atoms with Gasteiger partial charge in [0.15, 0.2) is 44.0 Å². The molecule has 1 rings (SSSR count). The monoisotopic (exact) mass is 510 g/mol. The molecule has 98 valence electrons. The van der Waals surface area contributed by atoms with E-state index >= 15 is 0 Å². The summed E-state index contributed by atoms with van der Waals surface area (Å²) >= 11 is 11.4. The Kier molecular flexibility index (Phi) is 5.44. The van der Waals surface area contributed by atoms with Crippen molar-refractivity contribution in [1.82, 2.24) is 0 Å². The van der Waals surface area contributed by atoms with E-state index in [4.69, 9.17) is 17.9 Å². The minimum atomic E-state index is -1.47. The zero-order valence-electron chi connectivity index (χ0n) is 8.04. The maximum atomic E-state index is 11.2. The zero-order valence-corrected chi connectivity index (χ0v) is 14.4. The standard InChI is InChI=1S/C8H2Br4O6/c9-3-1(7(13)14)2(8(15)16)5(17-11)6(18-12)4(3)10/h(H,13,14)(H,15,16). The molecule has 0 aliphatic heterocycles. The topological polar surface area (TPSA) is 93.1 Å². The zero-order chi connectivity index (χ0) is 14.0. The number of hydrogen-bond acceptors (Lipinski definition) is 4. The molecular weight excluding hydrogens is 512 g/mol. The number of aromatic carboxylic acids is 2. The fraction of sp³-hybridized carbons (Fsp3) is 0. The third kappa shape index (κ3) is 2.65. The van der Waals surface area contributed by atoms with Gasteiger partial charge in [0.25, 0.3) is 0 Å². The second-order valence-electron chi connectivity index (χ2n) is 2.80. The second-order valence-corrected chi connectivity index (χ2v) is 5.03. The van der Waals surface area contributed by atoms with Gasteiger partial charge < -0.3 is 17.9 Å². The maximum absolute atomic E-state index is 11.2. The van der Waals surface area contributed by atoms with Crippen molar-refractivity contribution in [2.45, 2.75) is 0 Å². The fourth-order valence-corrected chi connectivity index (χ4v) is 3.04. The van der Waals surface area contributed by atoms with Gasteiger partial charge in [-0.05, 0) is 31.9 Å². The van der Waals surface area contributed by atoms with Gasteiger partial charge in [0.1, 0.15) is 5.56 Å². The molecule has 0 fully saturated rings. The SMILES string of the molecule is O=C(O)c1c(Br)c(Br)c(OBr)c(OBr)c1C(=O)O. The highest BCUT2D eigenvalue weighted by molar-refractivity contribution is 9.13. The Morgan fingerprint density at radius 1 is 0.833 bits per heavy atom. The lowest BCUT2D eigenvalue weighted by atomic mass is 10.1. The summed E-state index contributed by atoms with van der Waals surface area (Å²) in [6, 6.07) is 0. The molecule has 2 N–H and O–H groups in total. The van der Waals surface area contributed by atoms with E-state index in [9.17, 15) is 9.59 Å². The van der Waals surface area contributed by atoms with Gasteiger partial charge in [-0.15, -0.1) is 0 Å². The van der Waals surface area contributed by atoms with Crippen molar-refractivity contribution in [2.75, 3.05) is 0 Å². The average Bonchev–Trinajstić information content (AvgIpc) is 2.30. The van der Waals surface area contributed by atoms with Gasteiger partial charge in [-0.2, -0.15) is 0 Å². The molecule has 1 aromatic rings. The molecular formula is C8H2Br4O6. The minimum absolute atomic E-state index is 0.0233. The summed E-state index contributed by atoms with van der Waals surface area (Å²) in [7, 11) is 0. The van der Waals surface area contributed by atoms with E-state index in [2.05, 4.69) is 64.4 Å². The lowest BCUT2D eigenvalue weighted by Gasteiger charge is -2.14. The summed E-state index contributed by atoms with van der Waals surface area (Å²) in [6.45, 7) is 0. The molecule has 0 unspecified atom stereocenters. The molecule has 0 radical (unpaired) electrons. The summed E-state index contributed by atoms with van der Waals surface area (Å²) in [4.78, 5) is 22.3. The summed E-state index contributed by atoms with van der Waals surface area (Å²) in [5.74, 6) is -3.21. The van der Waals surface area contributed by atoms with Crippen molar-refractivity contribution in [3.8, 4) is 11.5 Å². The van der Waals surface area contributed by atoms with Crippen molar-refractivity contribution in [3.05, 3.63) is 20.1 Å². The van der Waals surface area contributed by atoms with E-state index in [1.807, 2.05) is 0 Å². The number of benzene rings is 1. The molecule has 0 saturated heterocycles. The summed E-state index contributed by atoms with van der Waals surface area (Å²) < 4.78 is 9.73. The van der Waals surface area contributed by atoms with Gasteiger partial charge in [-0.25, -0.2) is 9.59 Å². The van der Waals surface area contributed by atoms with E-state index in [1.54, 1.807) is 0 Å². The molecule has 0 bridgehead atoms. The normalized spacial score (nSPS) is 10.0. The summed E-state index contributed by atoms with van der Waals surface area (Å²) in [5.41, 5.74) is -1.01. The van der Waals surface area contributed by atoms with Gasteiger partial charge in [0, 0.05) is 0 Å². The van der Waals surface area contributed by atoms with Gasteiger partial charge in [-0.3, -0.25) is 0 Å².